The van der Waals surface area contributed by atoms with Crippen molar-refractivity contribution in [2.75, 3.05) is 6.54 Å². The highest BCUT2D eigenvalue weighted by Gasteiger charge is 2.17. The lowest BCUT2D eigenvalue weighted by molar-refractivity contribution is 0.0528. The van der Waals surface area contributed by atoms with Gasteiger partial charge in [-0.2, -0.15) is 0 Å². The van der Waals surface area contributed by atoms with Gasteiger partial charge in [-0.05, 0) is 45.0 Å². The van der Waals surface area contributed by atoms with Crippen molar-refractivity contribution in [2.24, 2.45) is 0 Å². The Kier molecular flexibility index (Phi) is 4.88. The highest BCUT2D eigenvalue weighted by atomic mass is 19.1. The molecule has 3 aromatic rings. The number of nitrogens with one attached hydrogen (secondary N) is 1. The number of hydrogen-bond acceptors (Lipinski definition) is 4. The van der Waals surface area contributed by atoms with Crippen molar-refractivity contribution in [1.29, 1.82) is 0 Å². The number of rotatable bonds is 4. The van der Waals surface area contributed by atoms with Gasteiger partial charge in [0.1, 0.15) is 23.1 Å². The van der Waals surface area contributed by atoms with Crippen molar-refractivity contribution in [3.05, 3.63) is 54.2 Å². The third kappa shape index (κ3) is 4.17. The first-order chi connectivity index (χ1) is 12.3. The van der Waals surface area contributed by atoms with E-state index in [1.807, 2.05) is 39.0 Å². The van der Waals surface area contributed by atoms with E-state index in [0.29, 0.717) is 35.6 Å². The van der Waals surface area contributed by atoms with E-state index in [9.17, 15) is 9.18 Å². The Bertz CT molecular complexity index is 916. The van der Waals surface area contributed by atoms with Crippen molar-refractivity contribution < 1.29 is 13.9 Å². The fourth-order valence-corrected chi connectivity index (χ4v) is 2.60. The van der Waals surface area contributed by atoms with Gasteiger partial charge >= 0.3 is 6.09 Å². The smallest absolute Gasteiger partial charge is 0.407 e. The van der Waals surface area contributed by atoms with Crippen molar-refractivity contribution in [3.8, 4) is 5.82 Å². The van der Waals surface area contributed by atoms with Crippen molar-refractivity contribution >= 4 is 17.1 Å². The Hall–Kier alpha value is -2.96. The molecule has 0 saturated carbocycles. The summed E-state index contributed by atoms with van der Waals surface area (Å²) in [5.41, 5.74) is 0.753. The number of hydrogen-bond donors (Lipinski definition) is 1. The van der Waals surface area contributed by atoms with Gasteiger partial charge in [0.2, 0.25) is 0 Å². The number of fused-ring (bicyclic) bond motifs is 1. The molecule has 1 aromatic carbocycles. The van der Waals surface area contributed by atoms with Crippen LogP contribution in [0.15, 0.2) is 42.6 Å². The molecule has 26 heavy (non-hydrogen) atoms. The molecule has 0 unspecified atom stereocenters. The van der Waals surface area contributed by atoms with Crippen molar-refractivity contribution in [3.63, 3.8) is 0 Å². The minimum Gasteiger partial charge on any atom is -0.444 e. The molecule has 0 saturated heterocycles. The summed E-state index contributed by atoms with van der Waals surface area (Å²) in [6.45, 7) is 5.76. The molecular formula is C19H21FN4O2. The fraction of sp³-hybridized carbons (Fsp3) is 0.316. The zero-order chi connectivity index (χ0) is 18.7. The van der Waals surface area contributed by atoms with E-state index in [1.54, 1.807) is 16.8 Å². The highest BCUT2D eigenvalue weighted by Crippen LogP contribution is 2.21. The predicted molar refractivity (Wildman–Crippen MR) is 96.8 cm³/mol. The molecule has 1 N–H and O–H groups in total. The second-order valence-electron chi connectivity index (χ2n) is 6.86. The third-order valence-corrected chi connectivity index (χ3v) is 3.58. The van der Waals surface area contributed by atoms with Crippen LogP contribution in [0.1, 0.15) is 26.6 Å². The largest absolute Gasteiger partial charge is 0.444 e. The molecule has 136 valence electrons. The number of pyridine rings is 1. The van der Waals surface area contributed by atoms with Gasteiger partial charge in [0.25, 0.3) is 0 Å². The van der Waals surface area contributed by atoms with Crippen LogP contribution in [-0.2, 0) is 11.2 Å². The standard InChI is InChI=1S/C19H21FN4O2/c1-19(2,3)26-18(25)22-11-9-17-23-14-8-7-13(20)12-15(14)24(17)16-6-4-5-10-21-16/h4-8,10,12H,9,11H2,1-3H3,(H,22,25). The van der Waals surface area contributed by atoms with Gasteiger partial charge in [-0.1, -0.05) is 6.07 Å². The van der Waals surface area contributed by atoms with E-state index in [4.69, 9.17) is 4.74 Å². The Labute approximate surface area is 151 Å². The number of carbonyl (C=O) groups excluding carboxylic acids is 1. The molecule has 0 aliphatic rings. The molecule has 0 aliphatic carbocycles. The van der Waals surface area contributed by atoms with Gasteiger partial charge in [0.15, 0.2) is 0 Å². The van der Waals surface area contributed by atoms with E-state index in [-0.39, 0.29) is 5.82 Å². The number of imidazole rings is 1. The predicted octanol–water partition coefficient (Wildman–Crippen LogP) is 3.63. The molecule has 2 aromatic heterocycles. The zero-order valence-corrected chi connectivity index (χ0v) is 15.0. The summed E-state index contributed by atoms with van der Waals surface area (Å²) in [5.74, 6) is 0.987. The topological polar surface area (TPSA) is 69.0 Å². The molecule has 0 fully saturated rings. The molecule has 0 spiro atoms. The number of ether oxygens (including phenoxy) is 1. The number of nitrogens with zero attached hydrogens (tertiary/aromatic N) is 3. The average molecular weight is 356 g/mol. The van der Waals surface area contributed by atoms with Crippen LogP contribution in [0.3, 0.4) is 0 Å². The quantitative estimate of drug-likeness (QED) is 0.775. The molecule has 1 amide bonds. The van der Waals surface area contributed by atoms with Crippen molar-refractivity contribution in [2.45, 2.75) is 32.8 Å². The van der Waals surface area contributed by atoms with E-state index >= 15 is 0 Å². The molecule has 0 radical (unpaired) electrons. The highest BCUT2D eigenvalue weighted by molar-refractivity contribution is 5.78. The lowest BCUT2D eigenvalue weighted by Crippen LogP contribution is -2.33. The van der Waals surface area contributed by atoms with Crippen LogP contribution in [-0.4, -0.2) is 32.8 Å². The monoisotopic (exact) mass is 356 g/mol. The van der Waals surface area contributed by atoms with Crippen LogP contribution in [0, 0.1) is 5.82 Å². The second-order valence-corrected chi connectivity index (χ2v) is 6.86. The number of amides is 1. The summed E-state index contributed by atoms with van der Waals surface area (Å²) in [6.07, 6.45) is 1.64. The van der Waals surface area contributed by atoms with Crippen molar-refractivity contribution in [1.82, 2.24) is 19.9 Å². The van der Waals surface area contributed by atoms with Crippen LogP contribution in [0.4, 0.5) is 9.18 Å². The van der Waals surface area contributed by atoms with E-state index in [1.165, 1.54) is 12.1 Å². The second kappa shape index (κ2) is 7.11. The molecule has 2 heterocycles. The third-order valence-electron chi connectivity index (χ3n) is 3.58. The summed E-state index contributed by atoms with van der Waals surface area (Å²) >= 11 is 0. The average Bonchev–Trinajstić information content (AvgIpc) is 2.91. The molecule has 3 rings (SSSR count). The van der Waals surface area contributed by atoms with Gasteiger partial charge in [-0.25, -0.2) is 19.2 Å². The van der Waals surface area contributed by atoms with Gasteiger partial charge in [-0.3, -0.25) is 4.57 Å². The van der Waals surface area contributed by atoms with Crippen LogP contribution in [0.5, 0.6) is 0 Å². The minimum absolute atomic E-state index is 0.340. The molecule has 0 bridgehead atoms. The van der Waals surface area contributed by atoms with E-state index < -0.39 is 11.7 Å². The van der Waals surface area contributed by atoms with Gasteiger partial charge in [-0.15, -0.1) is 0 Å². The first-order valence-electron chi connectivity index (χ1n) is 8.39. The van der Waals surface area contributed by atoms with Crippen LogP contribution >= 0.6 is 0 Å². The Morgan fingerprint density at radius 1 is 1.27 bits per heavy atom. The SMILES string of the molecule is CC(C)(C)OC(=O)NCCc1nc2ccc(F)cc2n1-c1ccccn1. The summed E-state index contributed by atoms with van der Waals surface area (Å²) < 4.78 is 20.7. The number of carbonyl (C=O) groups is 1. The summed E-state index contributed by atoms with van der Waals surface area (Å²) in [6, 6.07) is 9.94. The lowest BCUT2D eigenvalue weighted by Gasteiger charge is -2.19. The van der Waals surface area contributed by atoms with Crippen LogP contribution < -0.4 is 5.32 Å². The maximum absolute atomic E-state index is 13.7. The summed E-state index contributed by atoms with van der Waals surface area (Å²) in [5, 5.41) is 2.71. The normalized spacial score (nSPS) is 11.5. The number of halogens is 1. The van der Waals surface area contributed by atoms with Gasteiger partial charge < -0.3 is 10.1 Å². The Morgan fingerprint density at radius 2 is 2.08 bits per heavy atom. The summed E-state index contributed by atoms with van der Waals surface area (Å²) in [7, 11) is 0. The maximum Gasteiger partial charge on any atom is 0.407 e. The first kappa shape index (κ1) is 17.8. The Balaban J connectivity index is 1.85. The maximum atomic E-state index is 13.7. The van der Waals surface area contributed by atoms with E-state index in [0.717, 1.165) is 0 Å². The molecular weight excluding hydrogens is 335 g/mol. The van der Waals surface area contributed by atoms with Crippen LogP contribution in [0.25, 0.3) is 16.9 Å². The molecule has 7 heteroatoms. The Morgan fingerprint density at radius 3 is 2.77 bits per heavy atom. The molecule has 6 nitrogen and oxygen atoms in total. The van der Waals surface area contributed by atoms with E-state index in [2.05, 4.69) is 15.3 Å². The number of benzene rings is 1. The first-order valence-corrected chi connectivity index (χ1v) is 8.39. The lowest BCUT2D eigenvalue weighted by atomic mass is 10.2. The fourth-order valence-electron chi connectivity index (χ4n) is 2.60. The minimum atomic E-state index is -0.553. The number of aromatic nitrogens is 3. The number of alkyl carbamates (subject to hydrolysis) is 1. The zero-order valence-electron chi connectivity index (χ0n) is 15.0. The molecule has 0 atom stereocenters. The van der Waals surface area contributed by atoms with Gasteiger partial charge in [0.05, 0.1) is 11.0 Å². The molecule has 0 aliphatic heterocycles. The van der Waals surface area contributed by atoms with Crippen LogP contribution in [0.2, 0.25) is 0 Å². The van der Waals surface area contributed by atoms with Gasteiger partial charge in [0, 0.05) is 25.2 Å². The summed E-state index contributed by atoms with van der Waals surface area (Å²) in [4.78, 5) is 20.7.